The molecule has 0 amide bonds. The van der Waals surface area contributed by atoms with Crippen LogP contribution in [0.1, 0.15) is 0 Å². The van der Waals surface area contributed by atoms with Crippen LogP contribution in [0.2, 0.25) is 0 Å². The molecule has 0 unspecified atom stereocenters. The van der Waals surface area contributed by atoms with E-state index in [1.165, 1.54) is 6.07 Å². The van der Waals surface area contributed by atoms with Crippen molar-refractivity contribution in [3.05, 3.63) is 46.7 Å². The van der Waals surface area contributed by atoms with Crippen molar-refractivity contribution in [2.45, 2.75) is 0 Å². The minimum Gasteiger partial charge on any atom is -0.497 e. The maximum Gasteiger partial charge on any atom is 0.139 e. The van der Waals surface area contributed by atoms with Gasteiger partial charge >= 0.3 is 0 Å². The molecule has 0 spiro atoms. The van der Waals surface area contributed by atoms with E-state index in [9.17, 15) is 4.39 Å². The molecule has 3 rings (SSSR count). The lowest BCUT2D eigenvalue weighted by Gasteiger charge is -2.01. The predicted molar refractivity (Wildman–Crippen MR) is 75.7 cm³/mol. The van der Waals surface area contributed by atoms with Crippen LogP contribution >= 0.6 is 15.9 Å². The van der Waals surface area contributed by atoms with Crippen LogP contribution < -0.4 is 4.74 Å². The Bertz CT molecular complexity index is 754. The van der Waals surface area contributed by atoms with E-state index >= 15 is 0 Å². The molecule has 3 aromatic rings. The summed E-state index contributed by atoms with van der Waals surface area (Å²) in [6, 6.07) is 10.4. The number of nitrogens with one attached hydrogen (secondary N) is 1. The normalized spacial score (nSPS) is 10.9. The fourth-order valence-corrected chi connectivity index (χ4v) is 2.38. The van der Waals surface area contributed by atoms with Gasteiger partial charge in [0.15, 0.2) is 0 Å². The first kappa shape index (κ1) is 12.2. The second-order valence-corrected chi connectivity index (χ2v) is 4.86. The van der Waals surface area contributed by atoms with E-state index in [0.29, 0.717) is 15.9 Å². The zero-order chi connectivity index (χ0) is 13.4. The van der Waals surface area contributed by atoms with Gasteiger partial charge in [0.1, 0.15) is 17.4 Å². The third kappa shape index (κ3) is 2.10. The van der Waals surface area contributed by atoms with E-state index in [2.05, 4.69) is 25.9 Å². The van der Waals surface area contributed by atoms with Crippen LogP contribution in [0.5, 0.6) is 5.75 Å². The van der Waals surface area contributed by atoms with E-state index in [4.69, 9.17) is 4.74 Å². The summed E-state index contributed by atoms with van der Waals surface area (Å²) < 4.78 is 19.1. The summed E-state index contributed by atoms with van der Waals surface area (Å²) in [7, 11) is 1.61. The molecule has 0 atom stereocenters. The van der Waals surface area contributed by atoms with E-state index in [-0.39, 0.29) is 5.82 Å². The highest BCUT2D eigenvalue weighted by molar-refractivity contribution is 9.10. The summed E-state index contributed by atoms with van der Waals surface area (Å²) in [4.78, 5) is 7.62. The van der Waals surface area contributed by atoms with E-state index in [1.807, 2.05) is 24.3 Å². The van der Waals surface area contributed by atoms with Gasteiger partial charge in [-0.3, -0.25) is 0 Å². The average molecular weight is 321 g/mol. The van der Waals surface area contributed by atoms with Gasteiger partial charge in [-0.05, 0) is 40.2 Å². The number of H-pyrrole nitrogens is 1. The molecular formula is C14H10BrFN2O. The highest BCUT2D eigenvalue weighted by Crippen LogP contribution is 2.30. The van der Waals surface area contributed by atoms with Crippen LogP contribution in [-0.2, 0) is 0 Å². The molecule has 0 saturated carbocycles. The number of hydrogen-bond donors (Lipinski definition) is 1. The molecular weight excluding hydrogens is 311 g/mol. The van der Waals surface area contributed by atoms with Crippen molar-refractivity contribution >= 4 is 27.0 Å². The molecule has 1 N–H and O–H groups in total. The van der Waals surface area contributed by atoms with Gasteiger partial charge in [0.05, 0.1) is 22.6 Å². The molecule has 0 saturated heterocycles. The van der Waals surface area contributed by atoms with Crippen LogP contribution in [0.25, 0.3) is 22.4 Å². The number of methoxy groups -OCH3 is 1. The smallest absolute Gasteiger partial charge is 0.139 e. The molecule has 2 aromatic carbocycles. The number of aromatic amines is 1. The molecule has 0 aliphatic heterocycles. The summed E-state index contributed by atoms with van der Waals surface area (Å²) in [5.74, 6) is 1.06. The van der Waals surface area contributed by atoms with Gasteiger partial charge in [-0.25, -0.2) is 9.37 Å². The van der Waals surface area contributed by atoms with Crippen LogP contribution in [0.15, 0.2) is 40.9 Å². The molecule has 1 aromatic heterocycles. The van der Waals surface area contributed by atoms with Crippen molar-refractivity contribution in [2.24, 2.45) is 0 Å². The molecule has 0 bridgehead atoms. The zero-order valence-corrected chi connectivity index (χ0v) is 11.7. The van der Waals surface area contributed by atoms with Gasteiger partial charge < -0.3 is 9.72 Å². The standard InChI is InChI=1S/C14H10BrFN2O/c1-19-8-5-6-11-12(7-8)18-14(17-11)9-3-2-4-10(16)13(9)15/h2-7H,1H3,(H,17,18). The van der Waals surface area contributed by atoms with Crippen molar-refractivity contribution < 1.29 is 9.13 Å². The van der Waals surface area contributed by atoms with Gasteiger partial charge in [-0.2, -0.15) is 0 Å². The minimum absolute atomic E-state index is 0.310. The maximum absolute atomic E-state index is 13.5. The first-order valence-corrected chi connectivity index (χ1v) is 6.46. The van der Waals surface area contributed by atoms with Crippen LogP contribution in [0.3, 0.4) is 0 Å². The minimum atomic E-state index is -0.310. The highest BCUT2D eigenvalue weighted by atomic mass is 79.9. The Morgan fingerprint density at radius 2 is 2.11 bits per heavy atom. The number of hydrogen-bond acceptors (Lipinski definition) is 2. The highest BCUT2D eigenvalue weighted by Gasteiger charge is 2.11. The molecule has 5 heteroatoms. The van der Waals surface area contributed by atoms with Gasteiger partial charge in [-0.1, -0.05) is 6.07 Å². The number of imidazole rings is 1. The fraction of sp³-hybridized carbons (Fsp3) is 0.0714. The van der Waals surface area contributed by atoms with Gasteiger partial charge in [0.25, 0.3) is 0 Å². The van der Waals surface area contributed by atoms with E-state index in [1.54, 1.807) is 13.2 Å². The molecule has 0 radical (unpaired) electrons. The Labute approximate surface area is 117 Å². The second-order valence-electron chi connectivity index (χ2n) is 4.07. The monoisotopic (exact) mass is 320 g/mol. The first-order chi connectivity index (χ1) is 9.19. The Kier molecular flexibility index (Phi) is 2.98. The summed E-state index contributed by atoms with van der Waals surface area (Å²) in [6.45, 7) is 0. The van der Waals surface area contributed by atoms with Crippen molar-refractivity contribution in [3.8, 4) is 17.1 Å². The Morgan fingerprint density at radius 3 is 2.89 bits per heavy atom. The van der Waals surface area contributed by atoms with Crippen molar-refractivity contribution in [1.82, 2.24) is 9.97 Å². The summed E-state index contributed by atoms with van der Waals surface area (Å²) in [5.41, 5.74) is 2.35. The second kappa shape index (κ2) is 4.66. The largest absolute Gasteiger partial charge is 0.497 e. The number of halogens is 2. The van der Waals surface area contributed by atoms with Crippen LogP contribution in [0, 0.1) is 5.82 Å². The molecule has 0 aliphatic rings. The molecule has 19 heavy (non-hydrogen) atoms. The average Bonchev–Trinajstić information content (AvgIpc) is 2.84. The Balaban J connectivity index is 2.18. The SMILES string of the molecule is COc1ccc2nc(-c3cccc(F)c3Br)[nH]c2c1. The van der Waals surface area contributed by atoms with Crippen LogP contribution in [0.4, 0.5) is 4.39 Å². The zero-order valence-electron chi connectivity index (χ0n) is 10.1. The lowest BCUT2D eigenvalue weighted by Crippen LogP contribution is -1.85. The number of nitrogens with zero attached hydrogens (tertiary/aromatic N) is 1. The summed E-state index contributed by atoms with van der Waals surface area (Å²) >= 11 is 3.24. The Hall–Kier alpha value is -1.88. The number of fused-ring (bicyclic) bond motifs is 1. The van der Waals surface area contributed by atoms with Gasteiger partial charge in [-0.15, -0.1) is 0 Å². The molecule has 1 heterocycles. The molecule has 96 valence electrons. The molecule has 0 fully saturated rings. The number of benzene rings is 2. The number of aromatic nitrogens is 2. The van der Waals surface area contributed by atoms with Gasteiger partial charge in [0, 0.05) is 11.6 Å². The van der Waals surface area contributed by atoms with E-state index < -0.39 is 0 Å². The number of rotatable bonds is 2. The van der Waals surface area contributed by atoms with E-state index in [0.717, 1.165) is 16.8 Å². The number of ether oxygens (including phenoxy) is 1. The maximum atomic E-state index is 13.5. The lowest BCUT2D eigenvalue weighted by atomic mass is 10.2. The van der Waals surface area contributed by atoms with Crippen molar-refractivity contribution in [2.75, 3.05) is 7.11 Å². The molecule has 0 aliphatic carbocycles. The van der Waals surface area contributed by atoms with Crippen molar-refractivity contribution in [1.29, 1.82) is 0 Å². The Morgan fingerprint density at radius 1 is 1.26 bits per heavy atom. The predicted octanol–water partition coefficient (Wildman–Crippen LogP) is 4.14. The third-order valence-electron chi connectivity index (χ3n) is 2.90. The lowest BCUT2D eigenvalue weighted by molar-refractivity contribution is 0.415. The first-order valence-electron chi connectivity index (χ1n) is 5.67. The van der Waals surface area contributed by atoms with Crippen LogP contribution in [-0.4, -0.2) is 17.1 Å². The third-order valence-corrected chi connectivity index (χ3v) is 3.70. The summed E-state index contributed by atoms with van der Waals surface area (Å²) in [6.07, 6.45) is 0. The quantitative estimate of drug-likeness (QED) is 0.770. The van der Waals surface area contributed by atoms with Gasteiger partial charge in [0.2, 0.25) is 0 Å². The topological polar surface area (TPSA) is 37.9 Å². The summed E-state index contributed by atoms with van der Waals surface area (Å²) in [5, 5.41) is 0. The fourth-order valence-electron chi connectivity index (χ4n) is 1.93. The van der Waals surface area contributed by atoms with Crippen molar-refractivity contribution in [3.63, 3.8) is 0 Å². The molecule has 3 nitrogen and oxygen atoms in total.